The lowest BCUT2D eigenvalue weighted by molar-refractivity contribution is 0.795. The monoisotopic (exact) mass is 721 g/mol. The quantitative estimate of drug-likeness (QED) is 0.160. The Morgan fingerprint density at radius 2 is 0.804 bits per heavy atom. The van der Waals surface area contributed by atoms with Crippen LogP contribution in [-0.4, -0.2) is 24.1 Å². The molecular formula is C50H35N5O. The molecule has 6 nitrogen and oxygen atoms in total. The van der Waals surface area contributed by atoms with Gasteiger partial charge in [0.2, 0.25) is 0 Å². The molecule has 0 aliphatic heterocycles. The lowest BCUT2D eigenvalue weighted by Crippen LogP contribution is -2.19. The van der Waals surface area contributed by atoms with Crippen molar-refractivity contribution in [2.75, 3.05) is 0 Å². The number of rotatable bonds is 6. The van der Waals surface area contributed by atoms with E-state index in [2.05, 4.69) is 133 Å². The third-order valence-corrected chi connectivity index (χ3v) is 10.8. The fourth-order valence-electron chi connectivity index (χ4n) is 8.12. The first kappa shape index (κ1) is 33.2. The summed E-state index contributed by atoms with van der Waals surface area (Å²) in [7, 11) is 3.66. The summed E-state index contributed by atoms with van der Waals surface area (Å²) in [5.41, 5.74) is 11.1. The van der Waals surface area contributed by atoms with Gasteiger partial charge in [-0.2, -0.15) is 0 Å². The van der Waals surface area contributed by atoms with Crippen LogP contribution >= 0.6 is 0 Å². The lowest BCUT2D eigenvalue weighted by Gasteiger charge is -2.18. The van der Waals surface area contributed by atoms with E-state index in [9.17, 15) is 4.79 Å². The molecule has 2 aromatic heterocycles. The average molecular weight is 722 g/mol. The minimum Gasteiger partial charge on any atom is -0.295 e. The van der Waals surface area contributed by atoms with Gasteiger partial charge in [-0.05, 0) is 73.1 Å². The minimum atomic E-state index is -0.0383. The first-order valence-electron chi connectivity index (χ1n) is 18.7. The maximum atomic E-state index is 12.9. The summed E-state index contributed by atoms with van der Waals surface area (Å²) < 4.78 is 3.42. The van der Waals surface area contributed by atoms with Gasteiger partial charge in [-0.3, -0.25) is 9.13 Å². The molecule has 0 aliphatic rings. The molecule has 0 amide bonds. The predicted octanol–water partition coefficient (Wildman–Crippen LogP) is 11.4. The molecule has 0 unspecified atom stereocenters. The van der Waals surface area contributed by atoms with Gasteiger partial charge in [0.05, 0.1) is 11.0 Å². The standard InChI is InChI=1S/C50H35N5O/c1-54-43-29-28-35(31-44(43)55(2)50(54)56)46-40-25-12-10-23-38(40)45(39-24-11-13-26-41(39)46)34-20-15-21-36(30-34)48-51-47(33-18-7-4-8-19-33)52-49(53-48)42-27-14-9-22-37(42)32-16-5-3-6-17-32/h3-31H,1-2H3. The van der Waals surface area contributed by atoms with E-state index in [1.165, 1.54) is 0 Å². The summed E-state index contributed by atoms with van der Waals surface area (Å²) in [4.78, 5) is 28.2. The highest BCUT2D eigenvalue weighted by molar-refractivity contribution is 6.21. The lowest BCUT2D eigenvalue weighted by atomic mass is 9.85. The fourth-order valence-corrected chi connectivity index (χ4v) is 8.12. The Morgan fingerprint density at radius 1 is 0.357 bits per heavy atom. The van der Waals surface area contributed by atoms with E-state index in [0.29, 0.717) is 17.5 Å². The molecule has 0 spiro atoms. The van der Waals surface area contributed by atoms with Gasteiger partial charge in [0.25, 0.3) is 0 Å². The highest BCUT2D eigenvalue weighted by Gasteiger charge is 2.20. The molecule has 0 bridgehead atoms. The number of aryl methyl sites for hydroxylation is 2. The largest absolute Gasteiger partial charge is 0.328 e. The second-order valence-electron chi connectivity index (χ2n) is 14.1. The summed E-state index contributed by atoms with van der Waals surface area (Å²) in [6, 6.07) is 60.9. The van der Waals surface area contributed by atoms with Crippen molar-refractivity contribution >= 4 is 32.6 Å². The summed E-state index contributed by atoms with van der Waals surface area (Å²) in [6.45, 7) is 0. The SMILES string of the molecule is Cn1c(=O)n(C)c2cc(-c3c4ccccc4c(-c4cccc(-c5nc(-c6ccccc6)nc(-c6ccccc6-c6ccccc6)n5)c4)c4ccccc34)ccc21. The van der Waals surface area contributed by atoms with Crippen LogP contribution in [0.5, 0.6) is 0 Å². The Labute approximate surface area is 323 Å². The van der Waals surface area contributed by atoms with E-state index in [-0.39, 0.29) is 5.69 Å². The van der Waals surface area contributed by atoms with Crippen LogP contribution in [0.3, 0.4) is 0 Å². The normalized spacial score (nSPS) is 11.5. The van der Waals surface area contributed by atoms with Gasteiger partial charge in [0, 0.05) is 30.8 Å². The maximum absolute atomic E-state index is 12.9. The Balaban J connectivity index is 1.18. The van der Waals surface area contributed by atoms with Gasteiger partial charge in [0.1, 0.15) is 0 Å². The molecule has 10 aromatic rings. The fraction of sp³-hybridized carbons (Fsp3) is 0.0400. The van der Waals surface area contributed by atoms with Crippen molar-refractivity contribution in [1.29, 1.82) is 0 Å². The first-order chi connectivity index (χ1) is 27.5. The van der Waals surface area contributed by atoms with Crippen LogP contribution in [0.25, 0.3) is 100 Å². The van der Waals surface area contributed by atoms with Crippen LogP contribution in [0.1, 0.15) is 0 Å². The number of benzene rings is 8. The van der Waals surface area contributed by atoms with E-state index in [0.717, 1.165) is 82.6 Å². The molecule has 0 radical (unpaired) electrons. The van der Waals surface area contributed by atoms with Gasteiger partial charge in [-0.25, -0.2) is 19.7 Å². The maximum Gasteiger partial charge on any atom is 0.328 e. The van der Waals surface area contributed by atoms with Crippen molar-refractivity contribution in [1.82, 2.24) is 24.1 Å². The molecule has 2 heterocycles. The van der Waals surface area contributed by atoms with Crippen LogP contribution in [-0.2, 0) is 14.1 Å². The molecular weight excluding hydrogens is 687 g/mol. The second-order valence-corrected chi connectivity index (χ2v) is 14.1. The number of nitrogens with zero attached hydrogens (tertiary/aromatic N) is 5. The van der Waals surface area contributed by atoms with Crippen LogP contribution < -0.4 is 5.69 Å². The van der Waals surface area contributed by atoms with E-state index >= 15 is 0 Å². The molecule has 0 saturated carbocycles. The van der Waals surface area contributed by atoms with Crippen molar-refractivity contribution in [2.24, 2.45) is 14.1 Å². The Bertz CT molecular complexity index is 3130. The van der Waals surface area contributed by atoms with Crippen molar-refractivity contribution in [3.8, 4) is 67.5 Å². The molecule has 0 N–H and O–H groups in total. The molecule has 56 heavy (non-hydrogen) atoms. The molecule has 6 heteroatoms. The molecule has 266 valence electrons. The Kier molecular flexibility index (Phi) is 7.96. The van der Waals surface area contributed by atoms with Crippen molar-refractivity contribution < 1.29 is 0 Å². The molecule has 0 saturated heterocycles. The number of imidazole rings is 1. The molecule has 10 rings (SSSR count). The molecule has 0 atom stereocenters. The number of fused-ring (bicyclic) bond motifs is 3. The number of hydrogen-bond acceptors (Lipinski definition) is 4. The Hall–Kier alpha value is -7.44. The highest BCUT2D eigenvalue weighted by Crippen LogP contribution is 2.44. The third kappa shape index (κ3) is 5.50. The van der Waals surface area contributed by atoms with Gasteiger partial charge in [0.15, 0.2) is 17.5 Å². The van der Waals surface area contributed by atoms with Crippen molar-refractivity contribution in [3.63, 3.8) is 0 Å². The smallest absolute Gasteiger partial charge is 0.295 e. The molecule has 8 aromatic carbocycles. The van der Waals surface area contributed by atoms with Gasteiger partial charge >= 0.3 is 5.69 Å². The van der Waals surface area contributed by atoms with E-state index in [1.54, 1.807) is 9.13 Å². The van der Waals surface area contributed by atoms with Crippen LogP contribution in [0, 0.1) is 0 Å². The zero-order chi connectivity index (χ0) is 37.8. The van der Waals surface area contributed by atoms with Crippen molar-refractivity contribution in [3.05, 3.63) is 186 Å². The van der Waals surface area contributed by atoms with Crippen molar-refractivity contribution in [2.45, 2.75) is 0 Å². The van der Waals surface area contributed by atoms with Crippen LogP contribution in [0.4, 0.5) is 0 Å². The summed E-state index contributed by atoms with van der Waals surface area (Å²) >= 11 is 0. The van der Waals surface area contributed by atoms with Crippen LogP contribution in [0.15, 0.2) is 181 Å². The zero-order valence-corrected chi connectivity index (χ0v) is 30.9. The topological polar surface area (TPSA) is 65.6 Å². The summed E-state index contributed by atoms with van der Waals surface area (Å²) in [5, 5.41) is 4.55. The average Bonchev–Trinajstić information content (AvgIpc) is 3.48. The minimum absolute atomic E-state index is 0.0383. The molecule has 0 fully saturated rings. The van der Waals surface area contributed by atoms with E-state index < -0.39 is 0 Å². The molecule has 0 aliphatic carbocycles. The Morgan fingerprint density at radius 3 is 1.43 bits per heavy atom. The first-order valence-corrected chi connectivity index (χ1v) is 18.7. The van der Waals surface area contributed by atoms with Crippen LogP contribution in [0.2, 0.25) is 0 Å². The number of hydrogen-bond donors (Lipinski definition) is 0. The third-order valence-electron chi connectivity index (χ3n) is 10.8. The highest BCUT2D eigenvalue weighted by atomic mass is 16.1. The zero-order valence-electron chi connectivity index (χ0n) is 30.9. The summed E-state index contributed by atoms with van der Waals surface area (Å²) in [5.74, 6) is 1.84. The van der Waals surface area contributed by atoms with E-state index in [4.69, 9.17) is 15.0 Å². The number of aromatic nitrogens is 5. The second kappa shape index (κ2) is 13.4. The van der Waals surface area contributed by atoms with E-state index in [1.807, 2.05) is 56.6 Å². The predicted molar refractivity (Wildman–Crippen MR) is 229 cm³/mol. The van der Waals surface area contributed by atoms with Gasteiger partial charge in [-0.15, -0.1) is 0 Å². The summed E-state index contributed by atoms with van der Waals surface area (Å²) in [6.07, 6.45) is 0. The van der Waals surface area contributed by atoms with Gasteiger partial charge < -0.3 is 0 Å². The van der Waals surface area contributed by atoms with Gasteiger partial charge in [-0.1, -0.05) is 158 Å².